The van der Waals surface area contributed by atoms with Crippen molar-refractivity contribution in [1.29, 1.82) is 0 Å². The molecule has 5 nitrogen and oxygen atoms in total. The molecule has 0 spiro atoms. The summed E-state index contributed by atoms with van der Waals surface area (Å²) in [5, 5.41) is 7.77. The van der Waals surface area contributed by atoms with Gasteiger partial charge in [0, 0.05) is 4.88 Å². The van der Waals surface area contributed by atoms with E-state index in [0.29, 0.717) is 16.6 Å². The molecule has 2 heterocycles. The SMILES string of the molecule is CCOC(=O)c1nnn(Cc2ccc(Cl)s2)c1CCl. The number of carbonyl (C=O) groups excluding carboxylic acids is 1. The smallest absolute Gasteiger partial charge is 0.360 e. The highest BCUT2D eigenvalue weighted by atomic mass is 35.5. The van der Waals surface area contributed by atoms with Crippen LogP contribution in [0.1, 0.15) is 28.0 Å². The van der Waals surface area contributed by atoms with Crippen molar-refractivity contribution in [3.8, 4) is 0 Å². The van der Waals surface area contributed by atoms with Gasteiger partial charge < -0.3 is 4.74 Å². The lowest BCUT2D eigenvalue weighted by Gasteiger charge is -2.03. The van der Waals surface area contributed by atoms with E-state index in [1.807, 2.05) is 12.1 Å². The van der Waals surface area contributed by atoms with Crippen molar-refractivity contribution in [2.45, 2.75) is 19.3 Å². The lowest BCUT2D eigenvalue weighted by atomic mass is 10.3. The molecule has 0 saturated heterocycles. The summed E-state index contributed by atoms with van der Waals surface area (Å²) < 4.78 is 7.19. The third-order valence-corrected chi connectivity index (χ3v) is 3.84. The molecule has 8 heteroatoms. The van der Waals surface area contributed by atoms with E-state index in [1.54, 1.807) is 11.6 Å². The Morgan fingerprint density at radius 2 is 2.32 bits per heavy atom. The summed E-state index contributed by atoms with van der Waals surface area (Å²) in [6, 6.07) is 3.71. The number of ether oxygens (including phenoxy) is 1. The van der Waals surface area contributed by atoms with Crippen molar-refractivity contribution in [2.24, 2.45) is 0 Å². The average molecular weight is 320 g/mol. The van der Waals surface area contributed by atoms with E-state index in [0.717, 1.165) is 4.88 Å². The minimum atomic E-state index is -0.506. The Balaban J connectivity index is 2.24. The predicted octanol–water partition coefficient (Wildman–Crippen LogP) is 2.96. The number of alkyl halides is 1. The molecule has 0 radical (unpaired) electrons. The third-order valence-electron chi connectivity index (χ3n) is 2.37. The van der Waals surface area contributed by atoms with Crippen molar-refractivity contribution >= 4 is 40.5 Å². The van der Waals surface area contributed by atoms with Gasteiger partial charge in [-0.15, -0.1) is 28.0 Å². The highest BCUT2D eigenvalue weighted by molar-refractivity contribution is 7.16. The van der Waals surface area contributed by atoms with Gasteiger partial charge in [0.1, 0.15) is 0 Å². The Morgan fingerprint density at radius 3 is 2.89 bits per heavy atom. The van der Waals surface area contributed by atoms with Gasteiger partial charge in [-0.25, -0.2) is 9.48 Å². The number of carbonyl (C=O) groups is 1. The summed E-state index contributed by atoms with van der Waals surface area (Å²) in [6.07, 6.45) is 0. The van der Waals surface area contributed by atoms with Gasteiger partial charge in [0.25, 0.3) is 0 Å². The fourth-order valence-corrected chi connectivity index (χ4v) is 2.87. The summed E-state index contributed by atoms with van der Waals surface area (Å²) in [5.74, 6) is -0.367. The van der Waals surface area contributed by atoms with Gasteiger partial charge >= 0.3 is 5.97 Å². The van der Waals surface area contributed by atoms with Crippen molar-refractivity contribution in [3.63, 3.8) is 0 Å². The van der Waals surface area contributed by atoms with Crippen LogP contribution in [0.4, 0.5) is 0 Å². The molecule has 0 aliphatic heterocycles. The molecule has 2 rings (SSSR count). The number of aromatic nitrogens is 3. The first-order chi connectivity index (χ1) is 9.15. The largest absolute Gasteiger partial charge is 0.461 e. The molecule has 0 bridgehead atoms. The van der Waals surface area contributed by atoms with Gasteiger partial charge in [0.2, 0.25) is 0 Å². The van der Waals surface area contributed by atoms with Crippen LogP contribution in [0.25, 0.3) is 0 Å². The van der Waals surface area contributed by atoms with Crippen molar-refractivity contribution in [1.82, 2.24) is 15.0 Å². The van der Waals surface area contributed by atoms with E-state index in [4.69, 9.17) is 27.9 Å². The van der Waals surface area contributed by atoms with E-state index in [9.17, 15) is 4.79 Å². The molecular formula is C11H11Cl2N3O2S. The molecule has 0 N–H and O–H groups in total. The minimum absolute atomic E-state index is 0.139. The lowest BCUT2D eigenvalue weighted by molar-refractivity contribution is 0.0518. The second-order valence-electron chi connectivity index (χ2n) is 3.60. The van der Waals surface area contributed by atoms with Crippen LogP contribution >= 0.6 is 34.5 Å². The van der Waals surface area contributed by atoms with Gasteiger partial charge in [-0.3, -0.25) is 0 Å². The predicted molar refractivity (Wildman–Crippen MR) is 74.0 cm³/mol. The maximum absolute atomic E-state index is 11.7. The number of halogens is 2. The van der Waals surface area contributed by atoms with Crippen LogP contribution in [0.3, 0.4) is 0 Å². The van der Waals surface area contributed by atoms with Crippen LogP contribution in [0.5, 0.6) is 0 Å². The number of esters is 1. The highest BCUT2D eigenvalue weighted by Gasteiger charge is 2.20. The standard InChI is InChI=1S/C11H11Cl2N3O2S/c1-2-18-11(17)10-8(5-12)16(15-14-10)6-7-3-4-9(13)19-7/h3-4H,2,5-6H2,1H3. The Bertz CT molecular complexity index is 582. The number of hydrogen-bond donors (Lipinski definition) is 0. The van der Waals surface area contributed by atoms with Crippen LogP contribution < -0.4 is 0 Å². The zero-order valence-corrected chi connectivity index (χ0v) is 12.4. The first-order valence-electron chi connectivity index (χ1n) is 5.55. The van der Waals surface area contributed by atoms with Crippen LogP contribution in [-0.2, 0) is 17.2 Å². The van der Waals surface area contributed by atoms with E-state index < -0.39 is 5.97 Å². The average Bonchev–Trinajstić information content (AvgIpc) is 2.96. The second kappa shape index (κ2) is 6.36. The van der Waals surface area contributed by atoms with Crippen LogP contribution in [0, 0.1) is 0 Å². The van der Waals surface area contributed by atoms with Crippen LogP contribution in [-0.4, -0.2) is 27.6 Å². The Morgan fingerprint density at radius 1 is 1.53 bits per heavy atom. The van der Waals surface area contributed by atoms with Crippen molar-refractivity contribution < 1.29 is 9.53 Å². The Kier molecular flexibility index (Phi) is 4.79. The van der Waals surface area contributed by atoms with Gasteiger partial charge in [0.05, 0.1) is 29.1 Å². The topological polar surface area (TPSA) is 57.0 Å². The molecule has 0 aromatic carbocycles. The quantitative estimate of drug-likeness (QED) is 0.628. The zero-order chi connectivity index (χ0) is 13.8. The maximum Gasteiger partial charge on any atom is 0.360 e. The van der Waals surface area contributed by atoms with E-state index in [2.05, 4.69) is 10.3 Å². The van der Waals surface area contributed by atoms with Crippen LogP contribution in [0.2, 0.25) is 4.34 Å². The second-order valence-corrected chi connectivity index (χ2v) is 5.67. The molecule has 0 aliphatic rings. The molecule has 0 unspecified atom stereocenters. The number of rotatable bonds is 5. The molecule has 0 amide bonds. The molecule has 2 aromatic heterocycles. The summed E-state index contributed by atoms with van der Waals surface area (Å²) in [7, 11) is 0. The lowest BCUT2D eigenvalue weighted by Crippen LogP contribution is -2.10. The molecule has 2 aromatic rings. The number of hydrogen-bond acceptors (Lipinski definition) is 5. The molecule has 102 valence electrons. The van der Waals surface area contributed by atoms with Gasteiger partial charge in [-0.05, 0) is 19.1 Å². The Labute approximate surface area is 124 Å². The van der Waals surface area contributed by atoms with Gasteiger partial charge in [-0.2, -0.15) is 0 Å². The monoisotopic (exact) mass is 319 g/mol. The highest BCUT2D eigenvalue weighted by Crippen LogP contribution is 2.23. The molecule has 0 saturated carbocycles. The molecule has 0 fully saturated rings. The van der Waals surface area contributed by atoms with E-state index in [1.165, 1.54) is 11.3 Å². The van der Waals surface area contributed by atoms with Crippen molar-refractivity contribution in [2.75, 3.05) is 6.61 Å². The Hall–Kier alpha value is -1.11. The minimum Gasteiger partial charge on any atom is -0.461 e. The van der Waals surface area contributed by atoms with E-state index in [-0.39, 0.29) is 18.2 Å². The molecule has 19 heavy (non-hydrogen) atoms. The van der Waals surface area contributed by atoms with Gasteiger partial charge in [0.15, 0.2) is 5.69 Å². The van der Waals surface area contributed by atoms with Crippen LogP contribution in [0.15, 0.2) is 12.1 Å². The fourth-order valence-electron chi connectivity index (χ4n) is 1.53. The number of nitrogens with zero attached hydrogens (tertiary/aromatic N) is 3. The normalized spacial score (nSPS) is 10.7. The number of thiophene rings is 1. The van der Waals surface area contributed by atoms with Gasteiger partial charge in [-0.1, -0.05) is 16.8 Å². The molecular weight excluding hydrogens is 309 g/mol. The molecule has 0 atom stereocenters. The zero-order valence-electron chi connectivity index (χ0n) is 10.1. The summed E-state index contributed by atoms with van der Waals surface area (Å²) in [6.45, 7) is 2.50. The first-order valence-corrected chi connectivity index (χ1v) is 7.28. The maximum atomic E-state index is 11.7. The summed E-state index contributed by atoms with van der Waals surface area (Å²) in [5.41, 5.74) is 0.712. The first kappa shape index (κ1) is 14.3. The van der Waals surface area contributed by atoms with E-state index >= 15 is 0 Å². The summed E-state index contributed by atoms with van der Waals surface area (Å²) >= 11 is 13.2. The third kappa shape index (κ3) is 3.26. The summed E-state index contributed by atoms with van der Waals surface area (Å²) in [4.78, 5) is 12.7. The fraction of sp³-hybridized carbons (Fsp3) is 0.364. The van der Waals surface area contributed by atoms with Crippen molar-refractivity contribution in [3.05, 3.63) is 32.7 Å². The molecule has 0 aliphatic carbocycles.